The van der Waals surface area contributed by atoms with Crippen molar-refractivity contribution in [1.29, 1.82) is 0 Å². The van der Waals surface area contributed by atoms with Crippen LogP contribution in [0.2, 0.25) is 0 Å². The van der Waals surface area contributed by atoms with Gasteiger partial charge in [0.1, 0.15) is 18.5 Å². The summed E-state index contributed by atoms with van der Waals surface area (Å²) in [4.78, 5) is 28.1. The van der Waals surface area contributed by atoms with Crippen molar-refractivity contribution in [3.63, 3.8) is 0 Å². The number of hydrogen-bond donors (Lipinski definition) is 1. The van der Waals surface area contributed by atoms with Crippen LogP contribution in [0.1, 0.15) is 49.1 Å². The number of rotatable bonds is 3. The fraction of sp³-hybridized carbons (Fsp3) is 0.652. The molecule has 7 nitrogen and oxygen atoms in total. The molecule has 0 spiro atoms. The number of ether oxygens (including phenoxy) is 2. The van der Waals surface area contributed by atoms with E-state index in [4.69, 9.17) is 9.47 Å². The fourth-order valence-corrected chi connectivity index (χ4v) is 5.04. The monoisotopic (exact) mass is 467 g/mol. The largest absolute Gasteiger partial charge is 0.490 e. The highest BCUT2D eigenvalue weighted by atomic mass is 19.4. The number of nitrogens with zero attached hydrogens (tertiary/aromatic N) is 2. The zero-order chi connectivity index (χ0) is 23.2. The molecule has 3 saturated heterocycles. The van der Waals surface area contributed by atoms with Crippen molar-refractivity contribution in [2.24, 2.45) is 0 Å². The molecule has 33 heavy (non-hydrogen) atoms. The second kappa shape index (κ2) is 8.70. The molecule has 4 fully saturated rings. The van der Waals surface area contributed by atoms with Crippen LogP contribution in [0.15, 0.2) is 18.2 Å². The number of alkyl halides is 3. The number of morpholine rings is 1. The van der Waals surface area contributed by atoms with Crippen LogP contribution < -0.4 is 10.1 Å². The Morgan fingerprint density at radius 1 is 1.06 bits per heavy atom. The minimum absolute atomic E-state index is 0.0341. The van der Waals surface area contributed by atoms with Gasteiger partial charge in [-0.2, -0.15) is 13.2 Å². The van der Waals surface area contributed by atoms with Gasteiger partial charge in [-0.1, -0.05) is 0 Å². The Morgan fingerprint density at radius 2 is 1.79 bits per heavy atom. The first kappa shape index (κ1) is 22.3. The van der Waals surface area contributed by atoms with Gasteiger partial charge in [-0.15, -0.1) is 0 Å². The highest BCUT2D eigenvalue weighted by Gasteiger charge is 2.39. The third kappa shape index (κ3) is 4.90. The van der Waals surface area contributed by atoms with Crippen molar-refractivity contribution < 1.29 is 32.2 Å². The van der Waals surface area contributed by atoms with Crippen LogP contribution in [-0.4, -0.2) is 72.8 Å². The van der Waals surface area contributed by atoms with Gasteiger partial charge in [0.15, 0.2) is 0 Å². The topological polar surface area (TPSA) is 71.1 Å². The van der Waals surface area contributed by atoms with Crippen molar-refractivity contribution in [1.82, 2.24) is 15.1 Å². The molecular formula is C23H28F3N3O4. The van der Waals surface area contributed by atoms with E-state index in [2.05, 4.69) is 5.32 Å². The first-order chi connectivity index (χ1) is 15.8. The fourth-order valence-electron chi connectivity index (χ4n) is 5.04. The lowest BCUT2D eigenvalue weighted by Gasteiger charge is -2.43. The summed E-state index contributed by atoms with van der Waals surface area (Å²) in [5, 5.41) is 2.90. The van der Waals surface area contributed by atoms with E-state index in [9.17, 15) is 22.8 Å². The Morgan fingerprint density at radius 3 is 2.48 bits per heavy atom. The molecule has 0 unspecified atom stereocenters. The number of urea groups is 1. The maximum Gasteiger partial charge on any atom is 0.416 e. The van der Waals surface area contributed by atoms with Crippen molar-refractivity contribution in [3.05, 3.63) is 29.3 Å². The van der Waals surface area contributed by atoms with E-state index in [-0.39, 0.29) is 42.7 Å². The molecule has 3 aliphatic heterocycles. The highest BCUT2D eigenvalue weighted by Crippen LogP contribution is 2.47. The van der Waals surface area contributed by atoms with Gasteiger partial charge in [-0.05, 0) is 48.9 Å². The molecule has 1 saturated carbocycles. The van der Waals surface area contributed by atoms with Crippen LogP contribution >= 0.6 is 0 Å². The van der Waals surface area contributed by atoms with Crippen LogP contribution in [0.3, 0.4) is 0 Å². The number of carbonyl (C=O) groups excluding carboxylic acids is 2. The number of benzene rings is 1. The number of hydrogen-bond acceptors (Lipinski definition) is 4. The SMILES string of the molecule is O=C1CO[C@H]2CCN(C(=O)N3CCC(Oc4ccc(C(F)(F)F)c(C5CC5)c4)CC3)C[C@H]2N1. The van der Waals surface area contributed by atoms with Crippen molar-refractivity contribution >= 4 is 11.9 Å². The Labute approximate surface area is 190 Å². The molecule has 1 N–H and O–H groups in total. The molecule has 0 bridgehead atoms. The van der Waals surface area contributed by atoms with Crippen LogP contribution in [0.25, 0.3) is 0 Å². The summed E-state index contributed by atoms with van der Waals surface area (Å²) in [5.74, 6) is 0.273. The van der Waals surface area contributed by atoms with E-state index in [1.807, 2.05) is 0 Å². The molecular weight excluding hydrogens is 439 g/mol. The maximum atomic E-state index is 13.3. The highest BCUT2D eigenvalue weighted by molar-refractivity contribution is 5.79. The molecule has 1 aromatic rings. The molecule has 3 heterocycles. The van der Waals surface area contributed by atoms with E-state index in [1.54, 1.807) is 15.9 Å². The lowest BCUT2D eigenvalue weighted by Crippen LogP contribution is -2.62. The minimum atomic E-state index is -4.36. The Bertz CT molecular complexity index is 913. The van der Waals surface area contributed by atoms with Crippen molar-refractivity contribution in [3.8, 4) is 5.75 Å². The van der Waals surface area contributed by atoms with Crippen molar-refractivity contribution in [2.45, 2.75) is 62.4 Å². The number of amides is 3. The lowest BCUT2D eigenvalue weighted by molar-refractivity contribution is -0.140. The third-order valence-corrected chi connectivity index (χ3v) is 6.96. The average Bonchev–Trinajstić information content (AvgIpc) is 3.63. The first-order valence-electron chi connectivity index (χ1n) is 11.6. The van der Waals surface area contributed by atoms with Gasteiger partial charge in [-0.25, -0.2) is 4.79 Å². The summed E-state index contributed by atoms with van der Waals surface area (Å²) in [7, 11) is 0. The molecule has 180 valence electrons. The predicted octanol–water partition coefficient (Wildman–Crippen LogP) is 3.14. The number of likely N-dealkylation sites (tertiary alicyclic amines) is 2. The van der Waals surface area contributed by atoms with Crippen LogP contribution in [-0.2, 0) is 15.7 Å². The lowest BCUT2D eigenvalue weighted by atomic mass is 10.0. The molecule has 1 aliphatic carbocycles. The summed E-state index contributed by atoms with van der Waals surface area (Å²) in [6.45, 7) is 2.13. The quantitative estimate of drug-likeness (QED) is 0.742. The van der Waals surface area contributed by atoms with Crippen molar-refractivity contribution in [2.75, 3.05) is 32.8 Å². The standard InChI is InChI=1S/C23H28F3N3O4/c24-23(25,26)18-4-3-16(11-17(18)14-1-2-14)33-15-5-8-28(9-6-15)22(31)29-10-7-20-19(12-29)27-21(30)13-32-20/h3-4,11,14-15,19-20H,1-2,5-10,12-13H2,(H,27,30)/t19-,20+/m1/s1. The molecule has 1 aromatic carbocycles. The van der Waals surface area contributed by atoms with Gasteiger partial charge in [0, 0.05) is 39.0 Å². The summed E-state index contributed by atoms with van der Waals surface area (Å²) in [6, 6.07) is 3.83. The predicted molar refractivity (Wildman–Crippen MR) is 112 cm³/mol. The second-order valence-corrected chi connectivity index (χ2v) is 9.37. The van der Waals surface area contributed by atoms with E-state index < -0.39 is 11.7 Å². The number of carbonyl (C=O) groups is 2. The number of nitrogens with one attached hydrogen (secondary N) is 1. The second-order valence-electron chi connectivity index (χ2n) is 9.37. The minimum Gasteiger partial charge on any atom is -0.490 e. The zero-order valence-corrected chi connectivity index (χ0v) is 18.3. The van der Waals surface area contributed by atoms with Crippen LogP contribution in [0, 0.1) is 0 Å². The average molecular weight is 467 g/mol. The maximum absolute atomic E-state index is 13.3. The normalized spacial score (nSPS) is 26.6. The van der Waals surface area contributed by atoms with Gasteiger partial charge < -0.3 is 24.6 Å². The first-order valence-corrected chi connectivity index (χ1v) is 11.6. The number of piperidine rings is 2. The van der Waals surface area contributed by atoms with E-state index >= 15 is 0 Å². The number of halogens is 3. The molecule has 0 radical (unpaired) electrons. The Kier molecular flexibility index (Phi) is 5.88. The molecule has 5 rings (SSSR count). The van der Waals surface area contributed by atoms with E-state index in [1.165, 1.54) is 6.07 Å². The summed E-state index contributed by atoms with van der Waals surface area (Å²) >= 11 is 0. The van der Waals surface area contributed by atoms with E-state index in [0.29, 0.717) is 56.8 Å². The van der Waals surface area contributed by atoms with Crippen LogP contribution in [0.5, 0.6) is 5.75 Å². The van der Waals surface area contributed by atoms with Gasteiger partial charge >= 0.3 is 12.2 Å². The van der Waals surface area contributed by atoms with Crippen LogP contribution in [0.4, 0.5) is 18.0 Å². The molecule has 2 atom stereocenters. The summed E-state index contributed by atoms with van der Waals surface area (Å²) < 4.78 is 51.5. The molecule has 10 heteroatoms. The molecule has 4 aliphatic rings. The summed E-state index contributed by atoms with van der Waals surface area (Å²) in [5.41, 5.74) is -0.240. The Hall–Kier alpha value is -2.49. The Balaban J connectivity index is 1.15. The number of fused-ring (bicyclic) bond motifs is 1. The molecule has 3 amide bonds. The molecule has 0 aromatic heterocycles. The van der Waals surface area contributed by atoms with Gasteiger partial charge in [-0.3, -0.25) is 4.79 Å². The smallest absolute Gasteiger partial charge is 0.416 e. The van der Waals surface area contributed by atoms with Gasteiger partial charge in [0.25, 0.3) is 0 Å². The van der Waals surface area contributed by atoms with E-state index in [0.717, 1.165) is 18.9 Å². The van der Waals surface area contributed by atoms with Gasteiger partial charge in [0.05, 0.1) is 17.7 Å². The zero-order valence-electron chi connectivity index (χ0n) is 18.3. The summed E-state index contributed by atoms with van der Waals surface area (Å²) in [6.07, 6.45) is -1.07. The third-order valence-electron chi connectivity index (χ3n) is 6.96. The van der Waals surface area contributed by atoms with Gasteiger partial charge in [0.2, 0.25) is 5.91 Å².